The van der Waals surface area contributed by atoms with Crippen LogP contribution < -0.4 is 0 Å². The van der Waals surface area contributed by atoms with E-state index in [4.69, 9.17) is 4.98 Å². The Morgan fingerprint density at radius 1 is 0.690 bits per heavy atom. The number of rotatable bonds is 1. The molecule has 0 atom stereocenters. The van der Waals surface area contributed by atoms with Gasteiger partial charge in [-0.3, -0.25) is 4.98 Å². The molecule has 4 aromatic carbocycles. The molecule has 0 saturated heterocycles. The fourth-order valence-corrected chi connectivity index (χ4v) is 4.31. The summed E-state index contributed by atoms with van der Waals surface area (Å²) in [5.41, 5.74) is 6.33. The quantitative estimate of drug-likeness (QED) is 0.416. The second-order valence-corrected chi connectivity index (χ2v) is 7.29. The Bertz CT molecular complexity index is 1600. The molecule has 0 bridgehead atoms. The normalized spacial score (nSPS) is 12.1. The van der Waals surface area contributed by atoms with Crippen molar-refractivity contribution in [1.82, 2.24) is 24.9 Å². The minimum Gasteiger partial charge on any atom is -0.351 e. The smallest absolute Gasteiger partial charge is 0.179 e. The van der Waals surface area contributed by atoms with E-state index >= 15 is 0 Å². The Morgan fingerprint density at radius 3 is 2.34 bits per heavy atom. The zero-order valence-electron chi connectivity index (χ0n) is 15.2. The third kappa shape index (κ3) is 1.99. The average molecular weight is 371 g/mol. The molecule has 1 N–H and O–H groups in total. The van der Waals surface area contributed by atoms with Gasteiger partial charge in [0.25, 0.3) is 0 Å². The van der Waals surface area contributed by atoms with Crippen LogP contribution >= 0.6 is 0 Å². The molecule has 0 fully saturated rings. The van der Waals surface area contributed by atoms with Crippen molar-refractivity contribution in [3.63, 3.8) is 0 Å². The lowest BCUT2D eigenvalue weighted by molar-refractivity contribution is 1.24. The Hall–Kier alpha value is -4.12. The molecule has 0 radical (unpaired) electrons. The second-order valence-electron chi connectivity index (χ2n) is 7.29. The van der Waals surface area contributed by atoms with Crippen molar-refractivity contribution in [2.45, 2.75) is 0 Å². The molecule has 0 aliphatic carbocycles. The van der Waals surface area contributed by atoms with E-state index in [1.807, 2.05) is 30.3 Å². The maximum atomic E-state index is 5.01. The molecule has 7 aromatic rings. The largest absolute Gasteiger partial charge is 0.351 e. The number of hydrogen-bond acceptors (Lipinski definition) is 4. The van der Waals surface area contributed by atoms with E-state index < -0.39 is 0 Å². The van der Waals surface area contributed by atoms with Gasteiger partial charge in [0, 0.05) is 22.4 Å². The third-order valence-electron chi connectivity index (χ3n) is 5.60. The predicted molar refractivity (Wildman–Crippen MR) is 116 cm³/mol. The highest BCUT2D eigenvalue weighted by molar-refractivity contribution is 6.28. The summed E-state index contributed by atoms with van der Waals surface area (Å²) in [5.74, 6) is 0.638. The summed E-state index contributed by atoms with van der Waals surface area (Å²) < 4.78 is 0. The van der Waals surface area contributed by atoms with Gasteiger partial charge in [-0.2, -0.15) is 0 Å². The number of nitrogens with zero attached hydrogens (tertiary/aromatic N) is 4. The molecule has 0 unspecified atom stereocenters. The van der Waals surface area contributed by atoms with Crippen molar-refractivity contribution in [2.75, 3.05) is 0 Å². The first-order valence-electron chi connectivity index (χ1n) is 9.50. The summed E-state index contributed by atoms with van der Waals surface area (Å²) in [4.78, 5) is 22.3. The maximum Gasteiger partial charge on any atom is 0.179 e. The summed E-state index contributed by atoms with van der Waals surface area (Å²) in [6, 6.07) is 22.6. The van der Waals surface area contributed by atoms with Gasteiger partial charge in [-0.25, -0.2) is 15.0 Å². The predicted octanol–water partition coefficient (Wildman–Crippen LogP) is 5.47. The Balaban J connectivity index is 1.57. The fourth-order valence-electron chi connectivity index (χ4n) is 4.31. The Kier molecular flexibility index (Phi) is 2.68. The molecule has 5 nitrogen and oxygen atoms in total. The van der Waals surface area contributed by atoms with Gasteiger partial charge in [0.1, 0.15) is 5.69 Å². The van der Waals surface area contributed by atoms with E-state index in [2.05, 4.69) is 56.3 Å². The first-order valence-corrected chi connectivity index (χ1v) is 9.50. The van der Waals surface area contributed by atoms with Crippen molar-refractivity contribution >= 4 is 54.6 Å². The van der Waals surface area contributed by atoms with E-state index in [0.29, 0.717) is 5.82 Å². The SMILES string of the molecule is c1ccc(-c2nc3cc4nc5c6cccc7cccc(c5[nH]c4cc3n2)c76)nc1. The third-order valence-corrected chi connectivity index (χ3v) is 5.60. The number of H-pyrrole nitrogens is 1. The van der Waals surface area contributed by atoms with Gasteiger partial charge in [0.15, 0.2) is 5.82 Å². The molecule has 29 heavy (non-hydrogen) atoms. The van der Waals surface area contributed by atoms with Crippen LogP contribution in [-0.4, -0.2) is 24.9 Å². The van der Waals surface area contributed by atoms with E-state index in [0.717, 1.165) is 38.8 Å². The van der Waals surface area contributed by atoms with Crippen molar-refractivity contribution in [1.29, 1.82) is 0 Å². The van der Waals surface area contributed by atoms with Crippen molar-refractivity contribution in [3.8, 4) is 11.5 Å². The fraction of sp³-hybridized carbons (Fsp3) is 0. The first-order chi connectivity index (χ1) is 14.3. The molecular formula is C24H13N5. The van der Waals surface area contributed by atoms with Gasteiger partial charge >= 0.3 is 0 Å². The highest BCUT2D eigenvalue weighted by Gasteiger charge is 2.15. The molecule has 134 valence electrons. The molecule has 7 rings (SSSR count). The van der Waals surface area contributed by atoms with E-state index in [-0.39, 0.29) is 0 Å². The van der Waals surface area contributed by atoms with Crippen LogP contribution in [0.2, 0.25) is 0 Å². The number of hydrogen-bond donors (Lipinski definition) is 1. The van der Waals surface area contributed by atoms with Gasteiger partial charge in [-0.15, -0.1) is 0 Å². The summed E-state index contributed by atoms with van der Waals surface area (Å²) >= 11 is 0. The van der Waals surface area contributed by atoms with Crippen molar-refractivity contribution in [2.24, 2.45) is 0 Å². The van der Waals surface area contributed by atoms with Crippen molar-refractivity contribution < 1.29 is 0 Å². The van der Waals surface area contributed by atoms with Crippen LogP contribution in [0.3, 0.4) is 0 Å². The summed E-state index contributed by atoms with van der Waals surface area (Å²) in [6.45, 7) is 0. The Morgan fingerprint density at radius 2 is 1.52 bits per heavy atom. The van der Waals surface area contributed by atoms with Gasteiger partial charge in [0.2, 0.25) is 0 Å². The molecule has 5 heteroatoms. The van der Waals surface area contributed by atoms with Crippen LogP contribution in [0.4, 0.5) is 0 Å². The minimum absolute atomic E-state index is 0.638. The van der Waals surface area contributed by atoms with Crippen LogP contribution in [0.1, 0.15) is 0 Å². The van der Waals surface area contributed by atoms with Crippen molar-refractivity contribution in [3.05, 3.63) is 72.9 Å². The van der Waals surface area contributed by atoms with Gasteiger partial charge in [0.05, 0.1) is 33.1 Å². The zero-order valence-corrected chi connectivity index (χ0v) is 15.2. The number of imidazole rings is 1. The topological polar surface area (TPSA) is 67.3 Å². The molecule has 0 spiro atoms. The van der Waals surface area contributed by atoms with E-state index in [1.54, 1.807) is 6.20 Å². The first kappa shape index (κ1) is 14.9. The highest BCUT2D eigenvalue weighted by atomic mass is 15.0. The number of benzene rings is 3. The number of aromatic amines is 1. The molecule has 0 saturated carbocycles. The van der Waals surface area contributed by atoms with E-state index in [9.17, 15) is 0 Å². The number of pyridine rings is 1. The molecule has 3 aromatic heterocycles. The molecule has 0 amide bonds. The lowest BCUT2D eigenvalue weighted by Crippen LogP contribution is -1.85. The number of aromatic nitrogens is 5. The summed E-state index contributed by atoms with van der Waals surface area (Å²) in [5, 5.41) is 4.87. The van der Waals surface area contributed by atoms with Crippen LogP contribution in [0.5, 0.6) is 0 Å². The molecule has 3 heterocycles. The zero-order chi connectivity index (χ0) is 18.9. The molecule has 0 aliphatic rings. The van der Waals surface area contributed by atoms with Crippen LogP contribution in [-0.2, 0) is 0 Å². The molecule has 0 aliphatic heterocycles. The lowest BCUT2D eigenvalue weighted by atomic mass is 10.1. The lowest BCUT2D eigenvalue weighted by Gasteiger charge is -2.00. The van der Waals surface area contributed by atoms with Crippen LogP contribution in [0.25, 0.3) is 66.2 Å². The monoisotopic (exact) mass is 371 g/mol. The standard InChI is InChI=1S/C24H13N5/c1-2-10-25-16(9-1)24-28-19-11-17-18(12-20(19)29-24)27-23-15-8-4-6-13-5-3-7-14(21(13)15)22(23)26-17/h1-12,26H. The van der Waals surface area contributed by atoms with Crippen LogP contribution in [0, 0.1) is 0 Å². The minimum atomic E-state index is 0.638. The number of nitrogens with one attached hydrogen (secondary N) is 1. The van der Waals surface area contributed by atoms with Gasteiger partial charge < -0.3 is 4.98 Å². The number of fused-ring (bicyclic) bond motifs is 5. The van der Waals surface area contributed by atoms with Gasteiger partial charge in [-0.1, -0.05) is 42.5 Å². The van der Waals surface area contributed by atoms with Crippen LogP contribution in [0.15, 0.2) is 72.9 Å². The summed E-state index contributed by atoms with van der Waals surface area (Å²) in [6.07, 6.45) is 1.75. The van der Waals surface area contributed by atoms with E-state index in [1.165, 1.54) is 21.5 Å². The summed E-state index contributed by atoms with van der Waals surface area (Å²) in [7, 11) is 0. The Labute approximate surface area is 164 Å². The highest BCUT2D eigenvalue weighted by Crippen LogP contribution is 2.37. The van der Waals surface area contributed by atoms with Gasteiger partial charge in [-0.05, 0) is 29.7 Å². The second kappa shape index (κ2) is 5.23. The average Bonchev–Trinajstić information content (AvgIpc) is 3.32. The maximum absolute atomic E-state index is 5.01. The molecular weight excluding hydrogens is 358 g/mol.